The first-order valence-electron chi connectivity index (χ1n) is 10.2. The Balaban J connectivity index is 1.58. The number of hydrogen-bond donors (Lipinski definition) is 1. The molecule has 1 saturated heterocycles. The molecule has 2 aromatic heterocycles. The van der Waals surface area contributed by atoms with Crippen LogP contribution >= 0.6 is 0 Å². The van der Waals surface area contributed by atoms with E-state index in [2.05, 4.69) is 32.1 Å². The van der Waals surface area contributed by atoms with E-state index in [9.17, 15) is 26.7 Å². The molecule has 0 amide bonds. The van der Waals surface area contributed by atoms with E-state index >= 15 is 0 Å². The predicted octanol–water partition coefficient (Wildman–Crippen LogP) is 3.48. The summed E-state index contributed by atoms with van der Waals surface area (Å²) in [6.45, 7) is 1.84. The monoisotopic (exact) mass is 468 g/mol. The van der Waals surface area contributed by atoms with Crippen LogP contribution in [0.1, 0.15) is 0 Å². The van der Waals surface area contributed by atoms with E-state index in [1.165, 1.54) is 12.3 Å². The summed E-state index contributed by atoms with van der Waals surface area (Å²) in [5.74, 6) is -5.13. The van der Waals surface area contributed by atoms with E-state index < -0.39 is 24.2 Å². The Hall–Kier alpha value is -3.28. The molecule has 0 atom stereocenters. The Morgan fingerprint density at radius 3 is 2.27 bits per heavy atom. The molecule has 0 aliphatic carbocycles. The van der Waals surface area contributed by atoms with Gasteiger partial charge in [0.25, 0.3) is 5.56 Å². The number of alkyl halides is 5. The molecule has 0 saturated carbocycles. The Bertz CT molecular complexity index is 1190. The lowest BCUT2D eigenvalue weighted by Gasteiger charge is -2.34. The van der Waals surface area contributed by atoms with Gasteiger partial charge in [0.05, 0.1) is 0 Å². The number of nitrogens with zero attached hydrogens (tertiary/aromatic N) is 5. The number of pyridine rings is 1. The quantitative estimate of drug-likeness (QED) is 0.579. The van der Waals surface area contributed by atoms with Crippen molar-refractivity contribution in [2.45, 2.75) is 18.6 Å². The van der Waals surface area contributed by atoms with Crippen molar-refractivity contribution in [1.82, 2.24) is 19.4 Å². The highest BCUT2D eigenvalue weighted by molar-refractivity contribution is 5.75. The van der Waals surface area contributed by atoms with Crippen molar-refractivity contribution in [3.05, 3.63) is 52.9 Å². The Kier molecular flexibility index (Phi) is 5.95. The Labute approximate surface area is 185 Å². The molecule has 3 heterocycles. The second kappa shape index (κ2) is 8.58. The van der Waals surface area contributed by atoms with Crippen LogP contribution in [0.2, 0.25) is 0 Å². The van der Waals surface area contributed by atoms with Gasteiger partial charge in [-0.1, -0.05) is 0 Å². The van der Waals surface area contributed by atoms with Gasteiger partial charge < -0.3 is 15.1 Å². The summed E-state index contributed by atoms with van der Waals surface area (Å²) in [6.07, 6.45) is -4.54. The summed E-state index contributed by atoms with van der Waals surface area (Å²) < 4.78 is 65.6. The van der Waals surface area contributed by atoms with Crippen molar-refractivity contribution >= 4 is 28.4 Å². The fraction of sp³-hybridized carbons (Fsp3) is 0.381. The molecule has 1 N–H and O–H groups in total. The number of halogens is 5. The number of fused-ring (bicyclic) bond motifs is 1. The van der Waals surface area contributed by atoms with E-state index in [0.29, 0.717) is 10.3 Å². The van der Waals surface area contributed by atoms with Gasteiger partial charge in [0.15, 0.2) is 0 Å². The molecule has 1 fully saturated rings. The van der Waals surface area contributed by atoms with Gasteiger partial charge in [-0.2, -0.15) is 26.9 Å². The number of benzene rings is 1. The fourth-order valence-electron chi connectivity index (χ4n) is 3.52. The minimum absolute atomic E-state index is 0.0375. The summed E-state index contributed by atoms with van der Waals surface area (Å²) in [7, 11) is 2.07. The third kappa shape index (κ3) is 4.90. The van der Waals surface area contributed by atoms with Gasteiger partial charge in [0.2, 0.25) is 5.95 Å². The average molecular weight is 468 g/mol. The van der Waals surface area contributed by atoms with Crippen LogP contribution in [-0.4, -0.2) is 64.8 Å². The first kappa shape index (κ1) is 22.9. The molecule has 0 spiro atoms. The zero-order valence-electron chi connectivity index (χ0n) is 17.6. The second-order valence-electron chi connectivity index (χ2n) is 7.89. The maximum absolute atomic E-state index is 13.6. The average Bonchev–Trinajstić information content (AvgIpc) is 2.76. The molecule has 1 aliphatic rings. The smallest absolute Gasteiger partial charge is 0.369 e. The fourth-order valence-corrected chi connectivity index (χ4v) is 3.52. The van der Waals surface area contributed by atoms with Crippen LogP contribution in [0.3, 0.4) is 0 Å². The summed E-state index contributed by atoms with van der Waals surface area (Å²) in [5.41, 5.74) is 0.291. The molecule has 7 nitrogen and oxygen atoms in total. The predicted molar refractivity (Wildman–Crippen MR) is 114 cm³/mol. The van der Waals surface area contributed by atoms with Gasteiger partial charge in [-0.15, -0.1) is 0 Å². The third-order valence-corrected chi connectivity index (χ3v) is 5.49. The number of likely N-dealkylation sites (N-methyl/N-ethyl adjacent to an activating group) is 1. The lowest BCUT2D eigenvalue weighted by molar-refractivity contribution is -0.286. The molecule has 1 aromatic carbocycles. The molecule has 1 aliphatic heterocycles. The highest BCUT2D eigenvalue weighted by atomic mass is 19.4. The van der Waals surface area contributed by atoms with Crippen LogP contribution in [0.15, 0.2) is 47.4 Å². The zero-order chi connectivity index (χ0) is 23.8. The van der Waals surface area contributed by atoms with E-state index in [0.717, 1.165) is 37.9 Å². The number of piperazine rings is 1. The summed E-state index contributed by atoms with van der Waals surface area (Å²) in [5, 5.41) is 3.05. The highest BCUT2D eigenvalue weighted by Crippen LogP contribution is 2.36. The minimum Gasteiger partial charge on any atom is -0.369 e. The molecular formula is C21H21F5N6O. The molecule has 12 heteroatoms. The van der Waals surface area contributed by atoms with Crippen LogP contribution in [0, 0.1) is 0 Å². The zero-order valence-corrected chi connectivity index (χ0v) is 17.6. The van der Waals surface area contributed by atoms with Gasteiger partial charge in [-0.05, 0) is 37.4 Å². The maximum atomic E-state index is 13.6. The lowest BCUT2D eigenvalue weighted by Crippen LogP contribution is -2.44. The minimum atomic E-state index is -5.80. The van der Waals surface area contributed by atoms with E-state index in [1.54, 1.807) is 12.1 Å². The summed E-state index contributed by atoms with van der Waals surface area (Å²) >= 11 is 0. The maximum Gasteiger partial charge on any atom is 0.455 e. The molecule has 0 radical (unpaired) electrons. The van der Waals surface area contributed by atoms with Crippen LogP contribution < -0.4 is 15.8 Å². The van der Waals surface area contributed by atoms with Crippen molar-refractivity contribution in [3.63, 3.8) is 0 Å². The molecule has 176 valence electrons. The Morgan fingerprint density at radius 2 is 1.64 bits per heavy atom. The standard InChI is InChI=1S/C21H21F5N6O/c1-30-8-10-31(11-9-30)16-5-3-15(4-6-16)28-19-27-12-14-2-7-17(33)32(18(14)29-19)13-20(22,23)21(24,25)26/h2-7,12H,8-11,13H2,1H3,(H,27,28,29). The topological polar surface area (TPSA) is 66.3 Å². The molecule has 4 rings (SSSR count). The summed E-state index contributed by atoms with van der Waals surface area (Å²) in [6, 6.07) is 9.58. The number of aromatic nitrogens is 3. The van der Waals surface area contributed by atoms with Crippen molar-refractivity contribution in [3.8, 4) is 0 Å². The SMILES string of the molecule is CN1CCN(c2ccc(Nc3ncc4ccc(=O)n(CC(F)(F)C(F)(F)F)c4n3)cc2)CC1. The van der Waals surface area contributed by atoms with Crippen molar-refractivity contribution in [1.29, 1.82) is 0 Å². The van der Waals surface area contributed by atoms with Gasteiger partial charge in [-0.25, -0.2) is 4.98 Å². The molecule has 33 heavy (non-hydrogen) atoms. The van der Waals surface area contributed by atoms with E-state index in [-0.39, 0.29) is 17.0 Å². The van der Waals surface area contributed by atoms with E-state index in [4.69, 9.17) is 0 Å². The number of nitrogens with one attached hydrogen (secondary N) is 1. The van der Waals surface area contributed by atoms with Crippen LogP contribution in [0.25, 0.3) is 11.0 Å². The van der Waals surface area contributed by atoms with Crippen LogP contribution in [0.4, 0.5) is 39.3 Å². The molecule has 0 unspecified atom stereocenters. The highest BCUT2D eigenvalue weighted by Gasteiger charge is 2.57. The second-order valence-corrected chi connectivity index (χ2v) is 7.89. The largest absolute Gasteiger partial charge is 0.455 e. The molecule has 3 aromatic rings. The van der Waals surface area contributed by atoms with Gasteiger partial charge in [0.1, 0.15) is 12.2 Å². The van der Waals surface area contributed by atoms with Crippen molar-refractivity contribution in [2.24, 2.45) is 0 Å². The first-order chi connectivity index (χ1) is 15.5. The van der Waals surface area contributed by atoms with Crippen LogP contribution in [-0.2, 0) is 6.54 Å². The molecular weight excluding hydrogens is 447 g/mol. The van der Waals surface area contributed by atoms with Crippen LogP contribution in [0.5, 0.6) is 0 Å². The first-order valence-corrected chi connectivity index (χ1v) is 10.2. The number of hydrogen-bond acceptors (Lipinski definition) is 6. The van der Waals surface area contributed by atoms with Gasteiger partial charge >= 0.3 is 12.1 Å². The normalized spacial score (nSPS) is 15.8. The Morgan fingerprint density at radius 1 is 0.970 bits per heavy atom. The van der Waals surface area contributed by atoms with E-state index in [1.807, 2.05) is 12.1 Å². The number of anilines is 3. The molecule has 0 bridgehead atoms. The number of rotatable bonds is 5. The third-order valence-electron chi connectivity index (χ3n) is 5.49. The van der Waals surface area contributed by atoms with Gasteiger partial charge in [0, 0.05) is 55.2 Å². The van der Waals surface area contributed by atoms with Crippen molar-refractivity contribution < 1.29 is 22.0 Å². The summed E-state index contributed by atoms with van der Waals surface area (Å²) in [4.78, 5) is 24.7. The van der Waals surface area contributed by atoms with Gasteiger partial charge in [-0.3, -0.25) is 9.36 Å². The van der Waals surface area contributed by atoms with Crippen molar-refractivity contribution in [2.75, 3.05) is 43.4 Å². The lowest BCUT2D eigenvalue weighted by atomic mass is 10.2.